The van der Waals surface area contributed by atoms with Gasteiger partial charge in [0.2, 0.25) is 0 Å². The molecule has 5 rings (SSSR count). The van der Waals surface area contributed by atoms with Crippen molar-refractivity contribution in [1.29, 1.82) is 0 Å². The largest absolute Gasteiger partial charge is 0.462 e. The topological polar surface area (TPSA) is 153 Å². The molecule has 0 aromatic carbocycles. The minimum absolute atomic E-state index is 0.00604. The molecular weight excluding hydrogens is 691 g/mol. The van der Waals surface area contributed by atoms with Crippen molar-refractivity contribution in [3.05, 3.63) is 12.2 Å². The number of carbonyl (C=O) groups is 5. The number of hydrogen-bond donors (Lipinski definition) is 0. The highest BCUT2D eigenvalue weighted by Crippen LogP contribution is 2.66. The third-order valence-corrected chi connectivity index (χ3v) is 11.3. The van der Waals surface area contributed by atoms with Crippen molar-refractivity contribution in [3.63, 3.8) is 0 Å². The van der Waals surface area contributed by atoms with Crippen LogP contribution in [0.5, 0.6) is 0 Å². The molecule has 232 valence electrons. The fraction of sp³-hybridized carbons (Fsp3) is 0.750. The Morgan fingerprint density at radius 3 is 2.00 bits per heavy atom. The summed E-state index contributed by atoms with van der Waals surface area (Å²) in [4.78, 5) is 63.7. The van der Waals surface area contributed by atoms with Crippen molar-refractivity contribution in [2.45, 2.75) is 105 Å². The van der Waals surface area contributed by atoms with Crippen molar-refractivity contribution in [1.82, 2.24) is 0 Å². The van der Waals surface area contributed by atoms with Crippen LogP contribution in [0.25, 0.3) is 0 Å². The molecule has 1 unspecified atom stereocenters. The summed E-state index contributed by atoms with van der Waals surface area (Å²) < 4.78 is 41.9. The lowest BCUT2D eigenvalue weighted by Gasteiger charge is -2.63. The molecule has 0 amide bonds. The minimum Gasteiger partial charge on any atom is -0.462 e. The molecule has 13 atom stereocenters. The van der Waals surface area contributed by atoms with Gasteiger partial charge in [0.15, 0.2) is 11.7 Å². The van der Waals surface area contributed by atoms with E-state index in [1.807, 2.05) is 0 Å². The highest BCUT2D eigenvalue weighted by molar-refractivity contribution is 14.1. The van der Waals surface area contributed by atoms with Gasteiger partial charge < -0.3 is 33.2 Å². The first kappa shape index (κ1) is 31.5. The van der Waals surface area contributed by atoms with Gasteiger partial charge in [-0.3, -0.25) is 24.0 Å². The number of alkyl halides is 2. The predicted octanol–water partition coefficient (Wildman–Crippen LogP) is 2.19. The fourth-order valence-corrected chi connectivity index (χ4v) is 9.66. The van der Waals surface area contributed by atoms with Gasteiger partial charge >= 0.3 is 29.8 Å². The van der Waals surface area contributed by atoms with Crippen LogP contribution in [0.2, 0.25) is 0 Å². The molecule has 12 nitrogen and oxygen atoms in total. The number of halogens is 2. The molecule has 1 saturated carbocycles. The number of carbonyl (C=O) groups excluding carboxylic acids is 5. The van der Waals surface area contributed by atoms with Gasteiger partial charge in [-0.15, -0.1) is 11.6 Å². The molecular formula is C28H34ClIO12. The molecule has 4 aliphatic heterocycles. The second-order valence-electron chi connectivity index (χ2n) is 12.0. The van der Waals surface area contributed by atoms with E-state index in [0.717, 1.165) is 0 Å². The summed E-state index contributed by atoms with van der Waals surface area (Å²) in [5.74, 6) is -5.18. The van der Waals surface area contributed by atoms with Crippen LogP contribution in [0.3, 0.4) is 0 Å². The summed E-state index contributed by atoms with van der Waals surface area (Å²) in [5.41, 5.74) is -3.91. The van der Waals surface area contributed by atoms with Gasteiger partial charge in [0.05, 0.1) is 33.3 Å². The summed E-state index contributed by atoms with van der Waals surface area (Å²) in [5, 5.41) is -0.955. The van der Waals surface area contributed by atoms with E-state index in [-0.39, 0.29) is 13.0 Å². The van der Waals surface area contributed by atoms with Crippen molar-refractivity contribution < 1.29 is 57.1 Å². The van der Waals surface area contributed by atoms with Crippen LogP contribution in [0.4, 0.5) is 0 Å². The first-order chi connectivity index (χ1) is 19.5. The second kappa shape index (κ2) is 10.6. The highest BCUT2D eigenvalue weighted by atomic mass is 127. The number of ether oxygens (including phenoxy) is 7. The lowest BCUT2D eigenvalue weighted by molar-refractivity contribution is -0.293. The van der Waals surface area contributed by atoms with Crippen molar-refractivity contribution in [2.75, 3.05) is 6.61 Å². The van der Waals surface area contributed by atoms with Gasteiger partial charge in [-0.2, -0.15) is 0 Å². The monoisotopic (exact) mass is 724 g/mol. The maximum Gasteiger partial charge on any atom is 0.312 e. The summed E-state index contributed by atoms with van der Waals surface area (Å²) >= 11 is 9.05. The highest BCUT2D eigenvalue weighted by Gasteiger charge is 2.82. The summed E-state index contributed by atoms with van der Waals surface area (Å²) in [7, 11) is 0. The van der Waals surface area contributed by atoms with E-state index in [0.29, 0.717) is 5.57 Å². The van der Waals surface area contributed by atoms with E-state index in [2.05, 4.69) is 29.2 Å². The maximum atomic E-state index is 13.3. The smallest absolute Gasteiger partial charge is 0.312 e. The molecule has 4 saturated heterocycles. The second-order valence-corrected chi connectivity index (χ2v) is 13.9. The molecule has 1 aliphatic carbocycles. The number of epoxide rings is 1. The Balaban J connectivity index is 1.86. The molecule has 0 radical (unpaired) electrons. The minimum atomic E-state index is -1.66. The average molecular weight is 725 g/mol. The van der Waals surface area contributed by atoms with E-state index in [4.69, 9.17) is 44.8 Å². The van der Waals surface area contributed by atoms with Crippen molar-refractivity contribution in [3.8, 4) is 0 Å². The van der Waals surface area contributed by atoms with Crippen LogP contribution in [0.15, 0.2) is 12.2 Å². The van der Waals surface area contributed by atoms with Gasteiger partial charge in [0.1, 0.15) is 30.0 Å². The number of esters is 5. The first-order valence-corrected chi connectivity index (χ1v) is 15.4. The number of fused-ring (bicyclic) bond motifs is 3. The Morgan fingerprint density at radius 1 is 0.952 bits per heavy atom. The maximum absolute atomic E-state index is 13.3. The molecule has 14 heteroatoms. The zero-order valence-electron chi connectivity index (χ0n) is 24.0. The standard InChI is InChI=1S/C28H34ClIO12/c1-10-18(29)22-28(11(2)25(35)41-22)24(40-15(6)34)21-26(7,23(39-14(5)33)19(30)20(10)42-28)16(37-12(3)31)8-17(38-13(4)32)27(21)9-36-27/h11,16-24H,1,8-9H2,2-7H3/t11?,16-,17+,18-,19+,20+,21+,22-,23-,24-,26-,27+,28-/m0/s1. The van der Waals surface area contributed by atoms with Gasteiger partial charge in [-0.25, -0.2) is 0 Å². The molecule has 0 aromatic heterocycles. The molecule has 2 spiro atoms. The van der Waals surface area contributed by atoms with E-state index in [1.165, 1.54) is 27.7 Å². The van der Waals surface area contributed by atoms with Crippen LogP contribution in [0, 0.1) is 17.3 Å². The molecule has 42 heavy (non-hydrogen) atoms. The fourth-order valence-electron chi connectivity index (χ4n) is 7.76. The summed E-state index contributed by atoms with van der Waals surface area (Å²) in [6, 6.07) is 0. The molecule has 4 heterocycles. The normalized spacial score (nSPS) is 47.1. The Hall–Kier alpha value is -1.97. The third kappa shape index (κ3) is 4.47. The van der Waals surface area contributed by atoms with Crippen molar-refractivity contribution in [2.24, 2.45) is 17.3 Å². The van der Waals surface area contributed by atoms with Gasteiger partial charge in [-0.05, 0) is 12.5 Å². The predicted molar refractivity (Wildman–Crippen MR) is 150 cm³/mol. The zero-order chi connectivity index (χ0) is 31.1. The van der Waals surface area contributed by atoms with Crippen LogP contribution < -0.4 is 0 Å². The van der Waals surface area contributed by atoms with Gasteiger partial charge in [-0.1, -0.05) is 36.1 Å². The van der Waals surface area contributed by atoms with E-state index in [9.17, 15) is 24.0 Å². The summed E-state index contributed by atoms with van der Waals surface area (Å²) in [6.45, 7) is 12.5. The molecule has 5 fully saturated rings. The van der Waals surface area contributed by atoms with Crippen LogP contribution in [-0.2, 0) is 57.1 Å². The average Bonchev–Trinajstić information content (AvgIpc) is 3.62. The molecule has 2 bridgehead atoms. The zero-order valence-corrected chi connectivity index (χ0v) is 27.0. The number of hydrogen-bond acceptors (Lipinski definition) is 12. The lowest BCUT2D eigenvalue weighted by Crippen LogP contribution is -2.78. The Kier molecular flexibility index (Phi) is 7.93. The first-order valence-electron chi connectivity index (χ1n) is 13.7. The van der Waals surface area contributed by atoms with Gasteiger partial charge in [0.25, 0.3) is 0 Å². The Morgan fingerprint density at radius 2 is 1.48 bits per heavy atom. The van der Waals surface area contributed by atoms with Gasteiger partial charge in [0, 0.05) is 40.0 Å². The quantitative estimate of drug-likeness (QED) is 0.104. The molecule has 5 aliphatic rings. The Labute approximate surface area is 261 Å². The lowest BCUT2D eigenvalue weighted by atomic mass is 9.50. The van der Waals surface area contributed by atoms with Crippen molar-refractivity contribution >= 4 is 64.0 Å². The van der Waals surface area contributed by atoms with Crippen LogP contribution in [0.1, 0.15) is 48.0 Å². The SMILES string of the molecule is C=C1[C@H]2O[C@]3(C(C)C(=O)O[C@H]3[C@H]1Cl)[C@@H](OC(C)=O)[C@H]1[C@@]3(CO3)[C@H](OC(C)=O)C[C@H](OC(C)=O)[C@]1(C)[C@@H](OC(C)=O)[C@@H]2I. The summed E-state index contributed by atoms with van der Waals surface area (Å²) in [6.07, 6.45) is -6.37. The third-order valence-electron chi connectivity index (χ3n) is 9.52. The van der Waals surface area contributed by atoms with E-state index in [1.54, 1.807) is 13.8 Å². The van der Waals surface area contributed by atoms with E-state index >= 15 is 0 Å². The van der Waals surface area contributed by atoms with Crippen LogP contribution in [-0.4, -0.2) is 93.6 Å². The molecule has 0 aromatic rings. The molecule has 0 N–H and O–H groups in total. The van der Waals surface area contributed by atoms with E-state index < -0.39 is 104 Å². The van der Waals surface area contributed by atoms with Crippen LogP contribution >= 0.6 is 34.2 Å². The number of rotatable bonds is 4. The Bertz CT molecular complexity index is 1240.